The summed E-state index contributed by atoms with van der Waals surface area (Å²) in [4.78, 5) is 18.3. The number of benzene rings is 1. The molecule has 8 heteroatoms. The highest BCUT2D eigenvalue weighted by molar-refractivity contribution is 8.16. The van der Waals surface area contributed by atoms with Gasteiger partial charge in [0.1, 0.15) is 5.82 Å². The molecule has 27 heavy (non-hydrogen) atoms. The van der Waals surface area contributed by atoms with Crippen molar-refractivity contribution in [1.29, 1.82) is 0 Å². The Balaban J connectivity index is 1.57. The Hall–Kier alpha value is -1.41. The van der Waals surface area contributed by atoms with E-state index in [1.54, 1.807) is 23.1 Å². The van der Waals surface area contributed by atoms with Crippen LogP contribution in [0.15, 0.2) is 29.3 Å². The first-order valence-corrected chi connectivity index (χ1v) is 12.2. The second-order valence-electron chi connectivity index (χ2n) is 7.60. The molecule has 1 aromatic rings. The molecule has 3 aliphatic rings. The SMILES string of the molecule is O=C(CCC1CCCC1)N=C1S[C@H]2CS(=O)(=O)C[C@H]2N1c1ccccc1F. The summed E-state index contributed by atoms with van der Waals surface area (Å²) in [6.07, 6.45) is 6.09. The topological polar surface area (TPSA) is 66.8 Å². The van der Waals surface area contributed by atoms with Crippen molar-refractivity contribution >= 4 is 38.4 Å². The van der Waals surface area contributed by atoms with Crippen molar-refractivity contribution in [3.8, 4) is 0 Å². The van der Waals surface area contributed by atoms with Crippen LogP contribution < -0.4 is 4.90 Å². The average molecular weight is 411 g/mol. The minimum Gasteiger partial charge on any atom is -0.313 e. The molecule has 2 atom stereocenters. The fourth-order valence-corrected chi connectivity index (χ4v) is 8.21. The summed E-state index contributed by atoms with van der Waals surface area (Å²) in [6, 6.07) is 5.88. The largest absolute Gasteiger partial charge is 0.313 e. The number of amidine groups is 1. The molecule has 0 radical (unpaired) electrons. The van der Waals surface area contributed by atoms with E-state index in [0.717, 1.165) is 6.42 Å². The number of halogens is 1. The normalized spacial score (nSPS) is 28.8. The smallest absolute Gasteiger partial charge is 0.248 e. The van der Waals surface area contributed by atoms with E-state index in [9.17, 15) is 17.6 Å². The lowest BCUT2D eigenvalue weighted by atomic mass is 10.0. The van der Waals surface area contributed by atoms with Crippen LogP contribution in [0.25, 0.3) is 0 Å². The molecule has 0 N–H and O–H groups in total. The molecule has 2 aliphatic heterocycles. The maximum absolute atomic E-state index is 14.4. The van der Waals surface area contributed by atoms with E-state index in [4.69, 9.17) is 0 Å². The van der Waals surface area contributed by atoms with Crippen LogP contribution in [0.5, 0.6) is 0 Å². The zero-order valence-corrected chi connectivity index (χ0v) is 16.6. The van der Waals surface area contributed by atoms with E-state index in [0.29, 0.717) is 17.5 Å². The number of sulfone groups is 1. The molecule has 146 valence electrons. The molecule has 1 aromatic carbocycles. The first kappa shape index (κ1) is 18.9. The second-order valence-corrected chi connectivity index (χ2v) is 11.0. The van der Waals surface area contributed by atoms with Gasteiger partial charge in [-0.2, -0.15) is 4.99 Å². The highest BCUT2D eigenvalue weighted by Crippen LogP contribution is 2.41. The third kappa shape index (κ3) is 4.06. The van der Waals surface area contributed by atoms with E-state index in [-0.39, 0.29) is 34.4 Å². The molecule has 0 bridgehead atoms. The molecule has 1 aliphatic carbocycles. The van der Waals surface area contributed by atoms with Crippen LogP contribution in [0.2, 0.25) is 0 Å². The van der Waals surface area contributed by atoms with E-state index < -0.39 is 15.7 Å². The predicted molar refractivity (Wildman–Crippen MR) is 106 cm³/mol. The highest BCUT2D eigenvalue weighted by Gasteiger charge is 2.49. The molecular formula is C19H23FN2O3S2. The van der Waals surface area contributed by atoms with Gasteiger partial charge in [-0.25, -0.2) is 12.8 Å². The van der Waals surface area contributed by atoms with Gasteiger partial charge in [-0.1, -0.05) is 49.6 Å². The van der Waals surface area contributed by atoms with Crippen LogP contribution in [0, 0.1) is 11.7 Å². The average Bonchev–Trinajstić information content (AvgIpc) is 3.29. The van der Waals surface area contributed by atoms with Gasteiger partial charge in [-0.3, -0.25) is 4.79 Å². The number of thioether (sulfide) groups is 1. The van der Waals surface area contributed by atoms with Crippen molar-refractivity contribution in [1.82, 2.24) is 0 Å². The van der Waals surface area contributed by atoms with Crippen molar-refractivity contribution in [3.05, 3.63) is 30.1 Å². The molecule has 1 saturated carbocycles. The van der Waals surface area contributed by atoms with Crippen LogP contribution in [0.1, 0.15) is 38.5 Å². The van der Waals surface area contributed by atoms with Gasteiger partial charge in [0, 0.05) is 11.7 Å². The predicted octanol–water partition coefficient (Wildman–Crippen LogP) is 3.40. The minimum atomic E-state index is -3.16. The van der Waals surface area contributed by atoms with Crippen LogP contribution in [0.3, 0.4) is 0 Å². The Bertz CT molecular complexity index is 865. The second kappa shape index (κ2) is 7.54. The van der Waals surface area contributed by atoms with Crippen LogP contribution in [0.4, 0.5) is 10.1 Å². The number of hydrogen-bond acceptors (Lipinski definition) is 4. The molecule has 0 unspecified atom stereocenters. The van der Waals surface area contributed by atoms with E-state index >= 15 is 0 Å². The summed E-state index contributed by atoms with van der Waals surface area (Å²) in [6.45, 7) is 0. The summed E-state index contributed by atoms with van der Waals surface area (Å²) in [7, 11) is -3.16. The van der Waals surface area contributed by atoms with E-state index in [1.165, 1.54) is 43.5 Å². The maximum Gasteiger partial charge on any atom is 0.248 e. The molecule has 0 spiro atoms. The molecule has 2 saturated heterocycles. The van der Waals surface area contributed by atoms with Crippen molar-refractivity contribution in [2.45, 2.75) is 49.8 Å². The maximum atomic E-state index is 14.4. The van der Waals surface area contributed by atoms with Gasteiger partial charge in [0.05, 0.1) is 23.2 Å². The number of amides is 1. The number of aliphatic imine (C=N–C) groups is 1. The van der Waals surface area contributed by atoms with Crippen LogP contribution in [-0.4, -0.2) is 42.3 Å². The number of hydrogen-bond donors (Lipinski definition) is 0. The lowest BCUT2D eigenvalue weighted by Crippen LogP contribution is -2.38. The summed E-state index contributed by atoms with van der Waals surface area (Å²) >= 11 is 1.29. The number of carbonyl (C=O) groups is 1. The minimum absolute atomic E-state index is 0.0334. The molecule has 4 rings (SSSR count). The number of para-hydroxylation sites is 1. The fourth-order valence-electron chi connectivity index (χ4n) is 4.28. The standard InChI is InChI=1S/C19H23FN2O3S2/c20-14-7-3-4-8-15(14)22-16-11-27(24,25)12-17(16)26-19(22)21-18(23)10-9-13-5-1-2-6-13/h3-4,7-8,13,16-17H,1-2,5-6,9-12H2/t16-,17+/m1/s1. The first-order valence-electron chi connectivity index (χ1n) is 9.45. The Labute approximate surface area is 163 Å². The number of rotatable bonds is 4. The van der Waals surface area contributed by atoms with Crippen molar-refractivity contribution in [3.63, 3.8) is 0 Å². The monoisotopic (exact) mass is 410 g/mol. The first-order chi connectivity index (χ1) is 12.9. The molecular weight excluding hydrogens is 387 g/mol. The molecule has 5 nitrogen and oxygen atoms in total. The Morgan fingerprint density at radius 2 is 1.96 bits per heavy atom. The Morgan fingerprint density at radius 1 is 1.22 bits per heavy atom. The van der Waals surface area contributed by atoms with Gasteiger partial charge in [0.15, 0.2) is 15.0 Å². The third-order valence-corrected chi connectivity index (χ3v) is 8.85. The number of nitrogens with zero attached hydrogens (tertiary/aromatic N) is 2. The van der Waals surface area contributed by atoms with Gasteiger partial charge in [-0.05, 0) is 24.5 Å². The summed E-state index contributed by atoms with van der Waals surface area (Å²) in [5.41, 5.74) is 0.289. The van der Waals surface area contributed by atoms with Crippen molar-refractivity contribution < 1.29 is 17.6 Å². The lowest BCUT2D eigenvalue weighted by molar-refractivity contribution is -0.118. The van der Waals surface area contributed by atoms with Gasteiger partial charge < -0.3 is 4.90 Å². The van der Waals surface area contributed by atoms with Crippen molar-refractivity contribution in [2.75, 3.05) is 16.4 Å². The zero-order valence-electron chi connectivity index (χ0n) is 15.0. The Morgan fingerprint density at radius 3 is 2.70 bits per heavy atom. The van der Waals surface area contributed by atoms with E-state index in [1.807, 2.05) is 0 Å². The molecule has 0 aromatic heterocycles. The quantitative estimate of drug-likeness (QED) is 0.761. The number of carbonyl (C=O) groups excluding carboxylic acids is 1. The summed E-state index contributed by atoms with van der Waals surface area (Å²) < 4.78 is 38.5. The van der Waals surface area contributed by atoms with Gasteiger partial charge in [0.25, 0.3) is 0 Å². The Kier molecular flexibility index (Phi) is 5.29. The highest BCUT2D eigenvalue weighted by atomic mass is 32.2. The van der Waals surface area contributed by atoms with Crippen molar-refractivity contribution in [2.24, 2.45) is 10.9 Å². The molecule has 3 fully saturated rings. The van der Waals surface area contributed by atoms with Gasteiger partial charge in [0.2, 0.25) is 5.91 Å². The fraction of sp³-hybridized carbons (Fsp3) is 0.579. The zero-order chi connectivity index (χ0) is 19.0. The lowest BCUT2D eigenvalue weighted by Gasteiger charge is -2.24. The molecule has 1 amide bonds. The van der Waals surface area contributed by atoms with Gasteiger partial charge in [-0.15, -0.1) is 0 Å². The summed E-state index contributed by atoms with van der Waals surface area (Å²) in [5, 5.41) is 0.220. The van der Waals surface area contributed by atoms with Crippen LogP contribution >= 0.6 is 11.8 Å². The number of fused-ring (bicyclic) bond motifs is 1. The van der Waals surface area contributed by atoms with Crippen LogP contribution in [-0.2, 0) is 14.6 Å². The molecule has 2 heterocycles. The number of anilines is 1. The van der Waals surface area contributed by atoms with E-state index in [2.05, 4.69) is 4.99 Å². The summed E-state index contributed by atoms with van der Waals surface area (Å²) in [5.74, 6) is -0.0167. The van der Waals surface area contributed by atoms with Gasteiger partial charge >= 0.3 is 0 Å². The third-order valence-electron chi connectivity index (χ3n) is 5.64.